The van der Waals surface area contributed by atoms with Gasteiger partial charge >= 0.3 is 0 Å². The van der Waals surface area contributed by atoms with Crippen LogP contribution in [0.25, 0.3) is 0 Å². The number of rotatable bonds is 11. The minimum atomic E-state index is -0.316. The highest BCUT2D eigenvalue weighted by atomic mass is 79.9. The molecule has 6 heteroatoms. The Balaban J connectivity index is 1.69. The van der Waals surface area contributed by atoms with Gasteiger partial charge in [-0.25, -0.2) is 5.43 Å². The van der Waals surface area contributed by atoms with Crippen molar-refractivity contribution in [3.63, 3.8) is 0 Å². The fourth-order valence-electron chi connectivity index (χ4n) is 2.44. The number of nitrogens with one attached hydrogen (secondary N) is 1. The van der Waals surface area contributed by atoms with Crippen LogP contribution in [0, 0.1) is 6.92 Å². The summed E-state index contributed by atoms with van der Waals surface area (Å²) in [6.45, 7) is 4.80. The number of carbonyl (C=O) groups is 1. The second-order valence-electron chi connectivity index (χ2n) is 6.47. The van der Waals surface area contributed by atoms with Crippen molar-refractivity contribution in [2.45, 2.75) is 39.5 Å². The molecule has 0 aliphatic rings. The molecule has 2 aromatic carbocycles. The lowest BCUT2D eigenvalue weighted by Gasteiger charge is -2.07. The topological polar surface area (TPSA) is 59.9 Å². The maximum Gasteiger partial charge on any atom is 0.277 e. The van der Waals surface area contributed by atoms with Crippen LogP contribution in [0.15, 0.2) is 52.0 Å². The lowest BCUT2D eigenvalue weighted by molar-refractivity contribution is -0.123. The fourth-order valence-corrected chi connectivity index (χ4v) is 2.68. The lowest BCUT2D eigenvalue weighted by atomic mass is 10.2. The number of halogens is 1. The van der Waals surface area contributed by atoms with Crippen molar-refractivity contribution >= 4 is 28.1 Å². The van der Waals surface area contributed by atoms with Gasteiger partial charge in [-0.3, -0.25) is 4.79 Å². The van der Waals surface area contributed by atoms with Gasteiger partial charge in [0.25, 0.3) is 5.91 Å². The third kappa shape index (κ3) is 8.13. The molecule has 0 saturated carbocycles. The number of carbonyl (C=O) groups excluding carboxylic acids is 1. The Bertz CT molecular complexity index is 776. The Morgan fingerprint density at radius 3 is 2.54 bits per heavy atom. The fraction of sp³-hybridized carbons (Fsp3) is 0.364. The molecule has 0 atom stereocenters. The van der Waals surface area contributed by atoms with Crippen LogP contribution in [0.2, 0.25) is 0 Å². The molecule has 28 heavy (non-hydrogen) atoms. The minimum absolute atomic E-state index is 0.0940. The molecule has 5 nitrogen and oxygen atoms in total. The van der Waals surface area contributed by atoms with Crippen LogP contribution in [-0.4, -0.2) is 25.3 Å². The molecular weight excluding hydrogens is 420 g/mol. The van der Waals surface area contributed by atoms with Gasteiger partial charge in [-0.05, 0) is 66.9 Å². The number of hydrogen-bond acceptors (Lipinski definition) is 4. The van der Waals surface area contributed by atoms with E-state index in [4.69, 9.17) is 9.47 Å². The zero-order chi connectivity index (χ0) is 20.2. The molecule has 0 radical (unpaired) electrons. The maximum atomic E-state index is 11.8. The summed E-state index contributed by atoms with van der Waals surface area (Å²) in [7, 11) is 0. The van der Waals surface area contributed by atoms with E-state index in [1.165, 1.54) is 19.3 Å². The van der Waals surface area contributed by atoms with Gasteiger partial charge < -0.3 is 9.47 Å². The molecule has 0 aromatic heterocycles. The molecule has 0 bridgehead atoms. The van der Waals surface area contributed by atoms with Gasteiger partial charge in [0.15, 0.2) is 6.61 Å². The number of nitrogens with zero attached hydrogens (tertiary/aromatic N) is 1. The first kappa shape index (κ1) is 22.0. The van der Waals surface area contributed by atoms with Gasteiger partial charge in [-0.1, -0.05) is 42.1 Å². The maximum absolute atomic E-state index is 11.8. The molecule has 2 aromatic rings. The van der Waals surface area contributed by atoms with E-state index in [-0.39, 0.29) is 12.5 Å². The Kier molecular flexibility index (Phi) is 9.55. The third-order valence-electron chi connectivity index (χ3n) is 4.05. The largest absolute Gasteiger partial charge is 0.494 e. The summed E-state index contributed by atoms with van der Waals surface area (Å²) in [6, 6.07) is 13.2. The van der Waals surface area contributed by atoms with Gasteiger partial charge in [0.1, 0.15) is 11.5 Å². The summed E-state index contributed by atoms with van der Waals surface area (Å²) in [5.74, 6) is 1.17. The van der Waals surface area contributed by atoms with E-state index < -0.39 is 0 Å². The molecule has 150 valence electrons. The summed E-state index contributed by atoms with van der Waals surface area (Å²) >= 11 is 3.43. The first-order chi connectivity index (χ1) is 13.6. The Morgan fingerprint density at radius 1 is 1.07 bits per heavy atom. The van der Waals surface area contributed by atoms with Crippen LogP contribution < -0.4 is 14.9 Å². The van der Waals surface area contributed by atoms with Crippen LogP contribution in [0.1, 0.15) is 43.7 Å². The number of hydrazone groups is 1. The van der Waals surface area contributed by atoms with E-state index in [1.807, 2.05) is 43.3 Å². The molecule has 1 N–H and O–H groups in total. The summed E-state index contributed by atoms with van der Waals surface area (Å²) in [6.07, 6.45) is 6.34. The highest BCUT2D eigenvalue weighted by Crippen LogP contribution is 2.21. The van der Waals surface area contributed by atoms with Gasteiger partial charge in [-0.15, -0.1) is 0 Å². The number of benzene rings is 2. The van der Waals surface area contributed by atoms with Crippen molar-refractivity contribution < 1.29 is 14.3 Å². The van der Waals surface area contributed by atoms with Crippen LogP contribution in [0.3, 0.4) is 0 Å². The SMILES string of the molecule is CCCCCCOc1ccc(/C=N/NC(=O)COc2ccc(Br)c(C)c2)cc1. The normalized spacial score (nSPS) is 10.8. The highest BCUT2D eigenvalue weighted by molar-refractivity contribution is 9.10. The molecule has 0 heterocycles. The molecule has 0 aliphatic heterocycles. The van der Waals surface area contributed by atoms with Gasteiger partial charge in [0.2, 0.25) is 0 Å². The first-order valence-corrected chi connectivity index (χ1v) is 10.3. The minimum Gasteiger partial charge on any atom is -0.494 e. The van der Waals surface area contributed by atoms with E-state index in [9.17, 15) is 4.79 Å². The molecule has 0 unspecified atom stereocenters. The lowest BCUT2D eigenvalue weighted by Crippen LogP contribution is -2.24. The quantitative estimate of drug-likeness (QED) is 0.291. The summed E-state index contributed by atoms with van der Waals surface area (Å²) in [5.41, 5.74) is 4.38. The van der Waals surface area contributed by atoms with Gasteiger partial charge in [-0.2, -0.15) is 5.10 Å². The van der Waals surface area contributed by atoms with E-state index in [0.29, 0.717) is 5.75 Å². The molecule has 0 spiro atoms. The van der Waals surface area contributed by atoms with Crippen molar-refractivity contribution in [1.29, 1.82) is 0 Å². The highest BCUT2D eigenvalue weighted by Gasteiger charge is 2.03. The van der Waals surface area contributed by atoms with Crippen LogP contribution in [-0.2, 0) is 4.79 Å². The van der Waals surface area contributed by atoms with Crippen molar-refractivity contribution in [1.82, 2.24) is 5.43 Å². The van der Waals surface area contributed by atoms with E-state index >= 15 is 0 Å². The van der Waals surface area contributed by atoms with E-state index in [2.05, 4.69) is 33.4 Å². The Hall–Kier alpha value is -2.34. The zero-order valence-electron chi connectivity index (χ0n) is 16.4. The standard InChI is InChI=1S/C22H27BrN2O3/c1-3-4-5-6-13-27-19-9-7-18(8-10-19)15-24-25-22(26)16-28-20-11-12-21(23)17(2)14-20/h7-12,14-15H,3-6,13,16H2,1-2H3,(H,25,26)/b24-15+. The van der Waals surface area contributed by atoms with Crippen LogP contribution in [0.5, 0.6) is 11.5 Å². The van der Waals surface area contributed by atoms with Crippen molar-refractivity contribution in [3.05, 3.63) is 58.1 Å². The number of amides is 1. The Labute approximate surface area is 175 Å². The number of aryl methyl sites for hydroxylation is 1. The predicted octanol–water partition coefficient (Wildman–Crippen LogP) is 5.25. The number of hydrogen-bond donors (Lipinski definition) is 1. The molecule has 1 amide bonds. The zero-order valence-corrected chi connectivity index (χ0v) is 18.0. The van der Waals surface area contributed by atoms with E-state index in [0.717, 1.165) is 34.4 Å². The predicted molar refractivity (Wildman–Crippen MR) is 116 cm³/mol. The van der Waals surface area contributed by atoms with Gasteiger partial charge in [0.05, 0.1) is 12.8 Å². The monoisotopic (exact) mass is 446 g/mol. The van der Waals surface area contributed by atoms with E-state index in [1.54, 1.807) is 12.3 Å². The van der Waals surface area contributed by atoms with Gasteiger partial charge in [0, 0.05) is 4.47 Å². The smallest absolute Gasteiger partial charge is 0.277 e. The third-order valence-corrected chi connectivity index (χ3v) is 4.94. The molecule has 0 fully saturated rings. The van der Waals surface area contributed by atoms with Crippen LogP contribution >= 0.6 is 15.9 Å². The molecule has 0 aliphatic carbocycles. The van der Waals surface area contributed by atoms with Crippen LogP contribution in [0.4, 0.5) is 0 Å². The molecular formula is C22H27BrN2O3. The first-order valence-electron chi connectivity index (χ1n) is 9.52. The molecule has 0 saturated heterocycles. The number of unbranched alkanes of at least 4 members (excludes halogenated alkanes) is 3. The summed E-state index contributed by atoms with van der Waals surface area (Å²) in [5, 5.41) is 3.96. The summed E-state index contributed by atoms with van der Waals surface area (Å²) < 4.78 is 12.2. The second-order valence-corrected chi connectivity index (χ2v) is 7.33. The van der Waals surface area contributed by atoms with Crippen molar-refractivity contribution in [2.24, 2.45) is 5.10 Å². The van der Waals surface area contributed by atoms with Crippen molar-refractivity contribution in [3.8, 4) is 11.5 Å². The summed E-state index contributed by atoms with van der Waals surface area (Å²) in [4.78, 5) is 11.8. The second kappa shape index (κ2) is 12.2. The van der Waals surface area contributed by atoms with Crippen molar-refractivity contribution in [2.75, 3.05) is 13.2 Å². The molecule has 2 rings (SSSR count). The average Bonchev–Trinajstić information content (AvgIpc) is 2.70. The number of ether oxygens (including phenoxy) is 2. The Morgan fingerprint density at radius 2 is 1.82 bits per heavy atom. The average molecular weight is 447 g/mol.